The van der Waals surface area contributed by atoms with Crippen molar-refractivity contribution in [2.75, 3.05) is 0 Å². The zero-order valence-electron chi connectivity index (χ0n) is 21.3. The second-order valence-electron chi connectivity index (χ2n) is 9.94. The zero-order valence-corrected chi connectivity index (χ0v) is 21.3. The van der Waals surface area contributed by atoms with Gasteiger partial charge in [-0.3, -0.25) is 9.36 Å². The van der Waals surface area contributed by atoms with Crippen LogP contribution in [0.2, 0.25) is 0 Å². The Balaban J connectivity index is 1.20. The molecule has 0 spiro atoms. The molecule has 1 fully saturated rings. The standard InChI is InChI=1S/C31H33N3O3/c1-2-33-29(32-34(31(33)37)21-23-11-15-25(16-12-23)26-17-18-26)8-4-5-22-9-13-27(14-10-22)28-7-3-6-24(19-28)20-30(35)36/h3,6-7,9-16,19,26H,2,4-5,8,17-18,20-21H2,1H3,(H,35,36). The van der Waals surface area contributed by atoms with E-state index in [1.807, 2.05) is 31.2 Å². The first kappa shape index (κ1) is 24.8. The highest BCUT2D eigenvalue weighted by Gasteiger charge is 2.23. The maximum atomic E-state index is 12.9. The van der Waals surface area contributed by atoms with Crippen LogP contribution in [0.1, 0.15) is 60.2 Å². The number of benzene rings is 3. The second kappa shape index (κ2) is 11.0. The number of rotatable bonds is 11. The molecule has 6 nitrogen and oxygen atoms in total. The molecular formula is C31H33N3O3. The van der Waals surface area contributed by atoms with Gasteiger partial charge in [0.1, 0.15) is 5.82 Å². The Hall–Kier alpha value is -3.93. The highest BCUT2D eigenvalue weighted by atomic mass is 16.4. The fourth-order valence-corrected chi connectivity index (χ4v) is 4.93. The number of aryl methyl sites for hydroxylation is 2. The first-order valence-corrected chi connectivity index (χ1v) is 13.2. The minimum absolute atomic E-state index is 0.0250. The molecule has 37 heavy (non-hydrogen) atoms. The van der Waals surface area contributed by atoms with E-state index in [0.717, 1.165) is 53.3 Å². The van der Waals surface area contributed by atoms with Gasteiger partial charge in [0.25, 0.3) is 0 Å². The van der Waals surface area contributed by atoms with Gasteiger partial charge < -0.3 is 5.11 Å². The molecule has 1 heterocycles. The molecule has 1 aliphatic rings. The number of carboxylic acids is 1. The van der Waals surface area contributed by atoms with E-state index in [9.17, 15) is 9.59 Å². The van der Waals surface area contributed by atoms with Crippen LogP contribution in [0.3, 0.4) is 0 Å². The van der Waals surface area contributed by atoms with Crippen LogP contribution in [0.5, 0.6) is 0 Å². The van der Waals surface area contributed by atoms with Gasteiger partial charge in [-0.2, -0.15) is 5.10 Å². The topological polar surface area (TPSA) is 77.1 Å². The van der Waals surface area contributed by atoms with Crippen molar-refractivity contribution in [2.45, 2.75) is 64.5 Å². The summed E-state index contributed by atoms with van der Waals surface area (Å²) in [5.41, 5.74) is 6.57. The lowest BCUT2D eigenvalue weighted by Crippen LogP contribution is -2.25. The normalized spacial score (nSPS) is 13.1. The van der Waals surface area contributed by atoms with Crippen molar-refractivity contribution >= 4 is 5.97 Å². The van der Waals surface area contributed by atoms with E-state index in [1.54, 1.807) is 9.25 Å². The number of aliphatic carboxylic acids is 1. The summed E-state index contributed by atoms with van der Waals surface area (Å²) in [6, 6.07) is 24.7. The molecule has 1 aliphatic carbocycles. The summed E-state index contributed by atoms with van der Waals surface area (Å²) in [7, 11) is 0. The molecule has 0 amide bonds. The largest absolute Gasteiger partial charge is 0.481 e. The van der Waals surface area contributed by atoms with Gasteiger partial charge in [-0.15, -0.1) is 0 Å². The SMILES string of the molecule is CCn1c(CCCc2ccc(-c3cccc(CC(=O)O)c3)cc2)nn(Cc2ccc(C3CC3)cc2)c1=O. The highest BCUT2D eigenvalue weighted by Crippen LogP contribution is 2.39. The van der Waals surface area contributed by atoms with Crippen molar-refractivity contribution in [2.24, 2.45) is 0 Å². The van der Waals surface area contributed by atoms with E-state index in [1.165, 1.54) is 24.0 Å². The maximum absolute atomic E-state index is 12.9. The van der Waals surface area contributed by atoms with Gasteiger partial charge in [0.15, 0.2) is 0 Å². The summed E-state index contributed by atoms with van der Waals surface area (Å²) in [5, 5.41) is 13.7. The Morgan fingerprint density at radius 3 is 2.32 bits per heavy atom. The third-order valence-corrected chi connectivity index (χ3v) is 7.11. The van der Waals surface area contributed by atoms with E-state index in [0.29, 0.717) is 13.1 Å². The average molecular weight is 496 g/mol. The van der Waals surface area contributed by atoms with Gasteiger partial charge >= 0.3 is 11.7 Å². The fourth-order valence-electron chi connectivity index (χ4n) is 4.93. The number of nitrogens with zero attached hydrogens (tertiary/aromatic N) is 3. The molecule has 0 aliphatic heterocycles. The maximum Gasteiger partial charge on any atom is 0.346 e. The third-order valence-electron chi connectivity index (χ3n) is 7.11. The molecule has 6 heteroatoms. The summed E-state index contributed by atoms with van der Waals surface area (Å²) >= 11 is 0. The summed E-state index contributed by atoms with van der Waals surface area (Å²) < 4.78 is 3.38. The molecule has 3 aromatic carbocycles. The van der Waals surface area contributed by atoms with Crippen molar-refractivity contribution < 1.29 is 9.90 Å². The molecule has 0 bridgehead atoms. The van der Waals surface area contributed by atoms with Crippen LogP contribution in [0.4, 0.5) is 0 Å². The first-order valence-electron chi connectivity index (χ1n) is 13.2. The lowest BCUT2D eigenvalue weighted by atomic mass is 9.99. The van der Waals surface area contributed by atoms with Crippen molar-refractivity contribution in [3.63, 3.8) is 0 Å². The predicted octanol–water partition coefficient (Wildman–Crippen LogP) is 5.46. The van der Waals surface area contributed by atoms with Gasteiger partial charge in [-0.1, -0.05) is 72.8 Å². The predicted molar refractivity (Wildman–Crippen MR) is 145 cm³/mol. The van der Waals surface area contributed by atoms with E-state index in [-0.39, 0.29) is 12.1 Å². The van der Waals surface area contributed by atoms with Crippen LogP contribution in [-0.4, -0.2) is 25.4 Å². The zero-order chi connectivity index (χ0) is 25.8. The summed E-state index contributed by atoms with van der Waals surface area (Å²) in [6.45, 7) is 3.11. The van der Waals surface area contributed by atoms with Crippen LogP contribution in [-0.2, 0) is 37.1 Å². The van der Waals surface area contributed by atoms with Crippen LogP contribution in [0.15, 0.2) is 77.6 Å². The number of aromatic nitrogens is 3. The minimum Gasteiger partial charge on any atom is -0.481 e. The molecule has 0 saturated heterocycles. The van der Waals surface area contributed by atoms with Gasteiger partial charge in [-0.25, -0.2) is 9.48 Å². The summed E-state index contributed by atoms with van der Waals surface area (Å²) in [5.74, 6) is 0.746. The molecule has 4 aromatic rings. The monoisotopic (exact) mass is 495 g/mol. The van der Waals surface area contributed by atoms with Crippen LogP contribution >= 0.6 is 0 Å². The molecule has 5 rings (SSSR count). The molecule has 1 aromatic heterocycles. The summed E-state index contributed by atoms with van der Waals surface area (Å²) in [4.78, 5) is 23.9. The van der Waals surface area contributed by atoms with Crippen molar-refractivity contribution in [3.8, 4) is 11.1 Å². The van der Waals surface area contributed by atoms with Crippen molar-refractivity contribution in [1.82, 2.24) is 14.3 Å². The Morgan fingerprint density at radius 1 is 0.919 bits per heavy atom. The van der Waals surface area contributed by atoms with Crippen LogP contribution < -0.4 is 5.69 Å². The van der Waals surface area contributed by atoms with Crippen molar-refractivity contribution in [1.29, 1.82) is 0 Å². The van der Waals surface area contributed by atoms with Crippen LogP contribution in [0.25, 0.3) is 11.1 Å². The molecular weight excluding hydrogens is 462 g/mol. The third kappa shape index (κ3) is 6.08. The molecule has 190 valence electrons. The molecule has 0 unspecified atom stereocenters. The Morgan fingerprint density at radius 2 is 1.65 bits per heavy atom. The van der Waals surface area contributed by atoms with Gasteiger partial charge in [-0.05, 0) is 71.9 Å². The fraction of sp³-hybridized carbons (Fsp3) is 0.323. The quantitative estimate of drug-likeness (QED) is 0.300. The molecule has 1 saturated carbocycles. The smallest absolute Gasteiger partial charge is 0.346 e. The van der Waals surface area contributed by atoms with Crippen LogP contribution in [0, 0.1) is 0 Å². The molecule has 0 radical (unpaired) electrons. The van der Waals surface area contributed by atoms with E-state index in [2.05, 4.69) is 53.6 Å². The lowest BCUT2D eigenvalue weighted by molar-refractivity contribution is -0.136. The Bertz CT molecular complexity index is 1430. The summed E-state index contributed by atoms with van der Waals surface area (Å²) in [6.07, 6.45) is 5.14. The number of carbonyl (C=O) groups is 1. The van der Waals surface area contributed by atoms with E-state index >= 15 is 0 Å². The highest BCUT2D eigenvalue weighted by molar-refractivity contribution is 5.72. The lowest BCUT2D eigenvalue weighted by Gasteiger charge is -2.07. The van der Waals surface area contributed by atoms with Gasteiger partial charge in [0.2, 0.25) is 0 Å². The first-order chi connectivity index (χ1) is 18.0. The number of carboxylic acid groups (broad SMARTS) is 1. The molecule has 1 N–H and O–H groups in total. The Labute approximate surface area is 217 Å². The minimum atomic E-state index is -0.826. The Kier molecular flexibility index (Phi) is 7.35. The van der Waals surface area contributed by atoms with Gasteiger partial charge in [0.05, 0.1) is 13.0 Å². The van der Waals surface area contributed by atoms with E-state index in [4.69, 9.17) is 5.11 Å². The number of hydrogen-bond acceptors (Lipinski definition) is 3. The second-order valence-corrected chi connectivity index (χ2v) is 9.94. The average Bonchev–Trinajstić information content (AvgIpc) is 3.70. The van der Waals surface area contributed by atoms with Crippen molar-refractivity contribution in [3.05, 3.63) is 111 Å². The van der Waals surface area contributed by atoms with E-state index < -0.39 is 5.97 Å². The molecule has 0 atom stereocenters. The van der Waals surface area contributed by atoms with Gasteiger partial charge in [0, 0.05) is 13.0 Å². The number of hydrogen-bond donors (Lipinski definition) is 1.